The van der Waals surface area contributed by atoms with Gasteiger partial charge in [-0.15, -0.1) is 0 Å². The van der Waals surface area contributed by atoms with E-state index in [4.69, 9.17) is 22.1 Å². The number of para-hydroxylation sites is 1. The number of ether oxygens (including phenoxy) is 1. The molecule has 86 valence electrons. The lowest BCUT2D eigenvalue weighted by molar-refractivity contribution is 0.0496. The molecule has 0 unspecified atom stereocenters. The lowest BCUT2D eigenvalue weighted by Gasteiger charge is -2.07. The third-order valence-electron chi connectivity index (χ3n) is 2.73. The molecule has 0 bridgehead atoms. The second-order valence-corrected chi connectivity index (χ2v) is 4.48. The monoisotopic (exact) mass is 239 g/mol. The van der Waals surface area contributed by atoms with Gasteiger partial charge in [0.2, 0.25) is 0 Å². The molecular formula is C12H14ClNO2. The summed E-state index contributed by atoms with van der Waals surface area (Å²) in [5.74, 6) is 0.366. The Balaban J connectivity index is 1.93. The third-order valence-corrected chi connectivity index (χ3v) is 3.06. The van der Waals surface area contributed by atoms with E-state index in [-0.39, 0.29) is 5.97 Å². The minimum atomic E-state index is -0.388. The summed E-state index contributed by atoms with van der Waals surface area (Å²) in [5.41, 5.74) is 6.34. The topological polar surface area (TPSA) is 52.3 Å². The number of rotatable bonds is 4. The number of hydrogen-bond donors (Lipinski definition) is 1. The number of nitrogens with two attached hydrogens (primary N) is 1. The maximum absolute atomic E-state index is 11.7. The average Bonchev–Trinajstić information content (AvgIpc) is 3.06. The quantitative estimate of drug-likeness (QED) is 0.649. The minimum Gasteiger partial charge on any atom is -0.462 e. The van der Waals surface area contributed by atoms with Gasteiger partial charge in [0.05, 0.1) is 22.9 Å². The van der Waals surface area contributed by atoms with Crippen molar-refractivity contribution in [2.75, 3.05) is 12.3 Å². The Morgan fingerprint density at radius 3 is 2.94 bits per heavy atom. The molecule has 4 heteroatoms. The summed E-state index contributed by atoms with van der Waals surface area (Å²) >= 11 is 5.82. The Morgan fingerprint density at radius 2 is 2.25 bits per heavy atom. The maximum atomic E-state index is 11.7. The summed E-state index contributed by atoms with van der Waals surface area (Å²) in [7, 11) is 0. The van der Waals surface area contributed by atoms with Crippen LogP contribution in [-0.2, 0) is 4.74 Å². The van der Waals surface area contributed by atoms with Crippen LogP contribution in [0.25, 0.3) is 0 Å². The SMILES string of the molecule is Nc1c(Cl)cccc1C(=O)OCCC1CC1. The lowest BCUT2D eigenvalue weighted by Crippen LogP contribution is -2.09. The fourth-order valence-electron chi connectivity index (χ4n) is 1.52. The van der Waals surface area contributed by atoms with Gasteiger partial charge in [0, 0.05) is 0 Å². The second kappa shape index (κ2) is 4.74. The molecule has 0 aromatic heterocycles. The van der Waals surface area contributed by atoms with Crippen molar-refractivity contribution < 1.29 is 9.53 Å². The van der Waals surface area contributed by atoms with E-state index in [1.165, 1.54) is 12.8 Å². The van der Waals surface area contributed by atoms with Gasteiger partial charge in [0.1, 0.15) is 0 Å². The average molecular weight is 240 g/mol. The first kappa shape index (κ1) is 11.3. The summed E-state index contributed by atoms with van der Waals surface area (Å²) in [4.78, 5) is 11.7. The number of anilines is 1. The zero-order valence-electron chi connectivity index (χ0n) is 8.91. The van der Waals surface area contributed by atoms with Crippen LogP contribution < -0.4 is 5.73 Å². The summed E-state index contributed by atoms with van der Waals surface area (Å²) in [6, 6.07) is 4.97. The van der Waals surface area contributed by atoms with Crippen LogP contribution in [0.1, 0.15) is 29.6 Å². The lowest BCUT2D eigenvalue weighted by atomic mass is 10.2. The van der Waals surface area contributed by atoms with Gasteiger partial charge >= 0.3 is 5.97 Å². The highest BCUT2D eigenvalue weighted by atomic mass is 35.5. The fraction of sp³-hybridized carbons (Fsp3) is 0.417. The van der Waals surface area contributed by atoms with Gasteiger partial charge in [-0.3, -0.25) is 0 Å². The van der Waals surface area contributed by atoms with Crippen LogP contribution in [0, 0.1) is 5.92 Å². The van der Waals surface area contributed by atoms with E-state index >= 15 is 0 Å². The van der Waals surface area contributed by atoms with Gasteiger partial charge in [0.25, 0.3) is 0 Å². The normalized spacial score (nSPS) is 14.8. The van der Waals surface area contributed by atoms with Crippen molar-refractivity contribution in [2.24, 2.45) is 5.92 Å². The van der Waals surface area contributed by atoms with E-state index < -0.39 is 0 Å². The number of carbonyl (C=O) groups is 1. The summed E-state index contributed by atoms with van der Waals surface area (Å²) in [5, 5.41) is 0.386. The molecule has 1 saturated carbocycles. The predicted molar refractivity (Wildman–Crippen MR) is 63.5 cm³/mol. The van der Waals surface area contributed by atoms with Crippen LogP contribution in [0.4, 0.5) is 5.69 Å². The van der Waals surface area contributed by atoms with Crippen molar-refractivity contribution in [3.8, 4) is 0 Å². The molecule has 2 N–H and O–H groups in total. The number of benzene rings is 1. The molecule has 0 aliphatic heterocycles. The first-order chi connectivity index (χ1) is 7.68. The van der Waals surface area contributed by atoms with Crippen molar-refractivity contribution in [1.82, 2.24) is 0 Å². The van der Waals surface area contributed by atoms with Crippen LogP contribution in [0.3, 0.4) is 0 Å². The Labute approximate surface area is 99.5 Å². The Bertz CT molecular complexity index is 402. The first-order valence-electron chi connectivity index (χ1n) is 5.39. The van der Waals surface area contributed by atoms with E-state index in [1.54, 1.807) is 18.2 Å². The van der Waals surface area contributed by atoms with Crippen LogP contribution in [-0.4, -0.2) is 12.6 Å². The van der Waals surface area contributed by atoms with E-state index in [9.17, 15) is 4.79 Å². The van der Waals surface area contributed by atoms with Gasteiger partial charge in [-0.1, -0.05) is 30.5 Å². The molecular weight excluding hydrogens is 226 g/mol. The summed E-state index contributed by atoms with van der Waals surface area (Å²) in [6.07, 6.45) is 3.47. The zero-order valence-corrected chi connectivity index (χ0v) is 9.67. The molecule has 0 radical (unpaired) electrons. The van der Waals surface area contributed by atoms with Gasteiger partial charge in [-0.05, 0) is 24.5 Å². The van der Waals surface area contributed by atoms with Crippen molar-refractivity contribution >= 4 is 23.3 Å². The van der Waals surface area contributed by atoms with E-state index in [0.29, 0.717) is 22.9 Å². The highest BCUT2D eigenvalue weighted by molar-refractivity contribution is 6.33. The maximum Gasteiger partial charge on any atom is 0.340 e. The molecule has 1 aromatic rings. The number of halogens is 1. The number of hydrogen-bond acceptors (Lipinski definition) is 3. The number of nitrogen functional groups attached to an aromatic ring is 1. The molecule has 0 saturated heterocycles. The van der Waals surface area contributed by atoms with Crippen molar-refractivity contribution in [1.29, 1.82) is 0 Å². The van der Waals surface area contributed by atoms with E-state index in [0.717, 1.165) is 12.3 Å². The molecule has 0 amide bonds. The molecule has 3 nitrogen and oxygen atoms in total. The predicted octanol–water partition coefficient (Wildman–Crippen LogP) is 2.88. The van der Waals surface area contributed by atoms with Gasteiger partial charge in [-0.2, -0.15) is 0 Å². The van der Waals surface area contributed by atoms with E-state index in [1.807, 2.05) is 0 Å². The molecule has 1 aliphatic carbocycles. The van der Waals surface area contributed by atoms with Crippen LogP contribution in [0.2, 0.25) is 5.02 Å². The third kappa shape index (κ3) is 2.67. The molecule has 0 spiro atoms. The largest absolute Gasteiger partial charge is 0.462 e. The molecule has 0 heterocycles. The van der Waals surface area contributed by atoms with Crippen molar-refractivity contribution in [2.45, 2.75) is 19.3 Å². The molecule has 1 aromatic carbocycles. The van der Waals surface area contributed by atoms with Crippen LogP contribution in [0.5, 0.6) is 0 Å². The second-order valence-electron chi connectivity index (χ2n) is 4.07. The number of esters is 1. The fourth-order valence-corrected chi connectivity index (χ4v) is 1.69. The molecule has 1 fully saturated rings. The van der Waals surface area contributed by atoms with Gasteiger partial charge in [-0.25, -0.2) is 4.79 Å². The van der Waals surface area contributed by atoms with Gasteiger partial charge in [0.15, 0.2) is 0 Å². The Hall–Kier alpha value is -1.22. The minimum absolute atomic E-state index is 0.292. The molecule has 0 atom stereocenters. The number of carbonyl (C=O) groups excluding carboxylic acids is 1. The van der Waals surface area contributed by atoms with Crippen LogP contribution >= 0.6 is 11.6 Å². The Kier molecular flexibility index (Phi) is 3.34. The smallest absolute Gasteiger partial charge is 0.340 e. The first-order valence-corrected chi connectivity index (χ1v) is 5.77. The molecule has 2 rings (SSSR count). The van der Waals surface area contributed by atoms with Crippen LogP contribution in [0.15, 0.2) is 18.2 Å². The molecule has 16 heavy (non-hydrogen) atoms. The highest BCUT2D eigenvalue weighted by Crippen LogP contribution is 2.32. The van der Waals surface area contributed by atoms with Crippen molar-refractivity contribution in [3.05, 3.63) is 28.8 Å². The zero-order chi connectivity index (χ0) is 11.5. The summed E-state index contributed by atoms with van der Waals surface area (Å²) < 4.78 is 5.14. The van der Waals surface area contributed by atoms with Gasteiger partial charge < -0.3 is 10.5 Å². The standard InChI is InChI=1S/C12H14ClNO2/c13-10-3-1-2-9(11(10)14)12(15)16-7-6-8-4-5-8/h1-3,8H,4-7,14H2. The van der Waals surface area contributed by atoms with E-state index in [2.05, 4.69) is 0 Å². The molecule has 1 aliphatic rings. The summed E-state index contributed by atoms with van der Waals surface area (Å²) in [6.45, 7) is 0.468. The van der Waals surface area contributed by atoms with Crippen molar-refractivity contribution in [3.63, 3.8) is 0 Å². The Morgan fingerprint density at radius 1 is 1.50 bits per heavy atom. The highest BCUT2D eigenvalue weighted by Gasteiger charge is 2.21.